The number of hydrogen-bond donors (Lipinski definition) is 1. The third-order valence-electron chi connectivity index (χ3n) is 3.59. The second-order valence-electron chi connectivity index (χ2n) is 5.24. The average molecular weight is 322 g/mol. The fraction of sp³-hybridized carbons (Fsp3) is 0.158. The first-order valence-corrected chi connectivity index (χ1v) is 7.68. The first-order chi connectivity index (χ1) is 11.8. The molecule has 5 nitrogen and oxygen atoms in total. The van der Waals surface area contributed by atoms with Crippen molar-refractivity contribution >= 4 is 5.91 Å². The summed E-state index contributed by atoms with van der Waals surface area (Å²) in [7, 11) is 1.63. The molecule has 0 radical (unpaired) electrons. The number of benzene rings is 2. The van der Waals surface area contributed by atoms with Crippen molar-refractivity contribution in [1.82, 2.24) is 10.3 Å². The average Bonchev–Trinajstić information content (AvgIpc) is 3.11. The highest BCUT2D eigenvalue weighted by molar-refractivity contribution is 5.94. The second-order valence-corrected chi connectivity index (χ2v) is 5.24. The van der Waals surface area contributed by atoms with Crippen LogP contribution in [-0.4, -0.2) is 24.5 Å². The van der Waals surface area contributed by atoms with Gasteiger partial charge in [-0.3, -0.25) is 4.79 Å². The first-order valence-electron chi connectivity index (χ1n) is 7.68. The highest BCUT2D eigenvalue weighted by Crippen LogP contribution is 2.21. The van der Waals surface area contributed by atoms with Gasteiger partial charge in [-0.2, -0.15) is 0 Å². The van der Waals surface area contributed by atoms with E-state index in [1.807, 2.05) is 42.5 Å². The minimum absolute atomic E-state index is 0.0885. The molecule has 0 fully saturated rings. The number of carbonyl (C=O) groups excluding carboxylic acids is 1. The molecule has 3 rings (SSSR count). The maximum atomic E-state index is 12.0. The second kappa shape index (κ2) is 7.46. The maximum absolute atomic E-state index is 12.0. The molecular formula is C19H18N2O3. The van der Waals surface area contributed by atoms with Gasteiger partial charge < -0.3 is 14.5 Å². The number of ether oxygens (including phenoxy) is 1. The highest BCUT2D eigenvalue weighted by atomic mass is 16.5. The summed E-state index contributed by atoms with van der Waals surface area (Å²) in [5, 5.41) is 2.87. The lowest BCUT2D eigenvalue weighted by Crippen LogP contribution is -2.25. The minimum Gasteiger partial charge on any atom is -0.497 e. The van der Waals surface area contributed by atoms with Gasteiger partial charge in [0, 0.05) is 24.1 Å². The van der Waals surface area contributed by atoms with Crippen LogP contribution < -0.4 is 10.1 Å². The van der Waals surface area contributed by atoms with E-state index < -0.39 is 0 Å². The molecular weight excluding hydrogens is 304 g/mol. The first kappa shape index (κ1) is 15.8. The van der Waals surface area contributed by atoms with Crippen LogP contribution in [-0.2, 0) is 6.42 Å². The molecule has 0 aliphatic carbocycles. The number of nitrogens with one attached hydrogen (secondary N) is 1. The normalized spacial score (nSPS) is 10.4. The van der Waals surface area contributed by atoms with Crippen molar-refractivity contribution in [2.45, 2.75) is 6.42 Å². The monoisotopic (exact) mass is 322 g/mol. The zero-order chi connectivity index (χ0) is 16.8. The van der Waals surface area contributed by atoms with E-state index in [-0.39, 0.29) is 5.91 Å². The number of nitrogens with zero attached hydrogens (tertiary/aromatic N) is 1. The third kappa shape index (κ3) is 3.81. The summed E-state index contributed by atoms with van der Waals surface area (Å²) >= 11 is 0. The summed E-state index contributed by atoms with van der Waals surface area (Å²) in [5.41, 5.74) is 2.33. The molecule has 0 unspecified atom stereocenters. The lowest BCUT2D eigenvalue weighted by Gasteiger charge is -2.03. The summed E-state index contributed by atoms with van der Waals surface area (Å²) in [4.78, 5) is 16.4. The third-order valence-corrected chi connectivity index (χ3v) is 3.59. The Morgan fingerprint density at radius 3 is 2.58 bits per heavy atom. The SMILES string of the molecule is COc1ccc(-c2nc(CCNC(=O)c3ccccc3)co2)cc1. The largest absolute Gasteiger partial charge is 0.497 e. The Morgan fingerprint density at radius 1 is 1.12 bits per heavy atom. The number of hydrogen-bond acceptors (Lipinski definition) is 4. The quantitative estimate of drug-likeness (QED) is 0.756. The van der Waals surface area contributed by atoms with E-state index in [1.54, 1.807) is 25.5 Å². The van der Waals surface area contributed by atoms with E-state index >= 15 is 0 Å². The van der Waals surface area contributed by atoms with Gasteiger partial charge in [-0.15, -0.1) is 0 Å². The van der Waals surface area contributed by atoms with Crippen molar-refractivity contribution in [1.29, 1.82) is 0 Å². The van der Waals surface area contributed by atoms with Gasteiger partial charge in [0.05, 0.1) is 12.8 Å². The van der Waals surface area contributed by atoms with Gasteiger partial charge in [-0.25, -0.2) is 4.98 Å². The molecule has 3 aromatic rings. The van der Waals surface area contributed by atoms with Crippen LogP contribution in [0.25, 0.3) is 11.5 Å². The minimum atomic E-state index is -0.0885. The maximum Gasteiger partial charge on any atom is 0.251 e. The molecule has 0 spiro atoms. The molecule has 1 heterocycles. The summed E-state index contributed by atoms with van der Waals surface area (Å²) < 4.78 is 10.6. The van der Waals surface area contributed by atoms with Gasteiger partial charge in [0.1, 0.15) is 12.0 Å². The summed E-state index contributed by atoms with van der Waals surface area (Å²) in [6.07, 6.45) is 2.23. The van der Waals surface area contributed by atoms with Crippen molar-refractivity contribution in [2.24, 2.45) is 0 Å². The number of oxazole rings is 1. The molecule has 1 amide bonds. The Bertz CT molecular complexity index is 795. The molecule has 0 bridgehead atoms. The van der Waals surface area contributed by atoms with Crippen molar-refractivity contribution in [3.8, 4) is 17.2 Å². The number of methoxy groups -OCH3 is 1. The Morgan fingerprint density at radius 2 is 1.88 bits per heavy atom. The van der Waals surface area contributed by atoms with Crippen LogP contribution in [0, 0.1) is 0 Å². The van der Waals surface area contributed by atoms with E-state index in [9.17, 15) is 4.79 Å². The Hall–Kier alpha value is -3.08. The van der Waals surface area contributed by atoms with Crippen molar-refractivity contribution in [3.05, 3.63) is 72.1 Å². The van der Waals surface area contributed by atoms with E-state index in [1.165, 1.54) is 0 Å². The summed E-state index contributed by atoms with van der Waals surface area (Å²) in [5.74, 6) is 1.26. The zero-order valence-corrected chi connectivity index (χ0v) is 13.4. The fourth-order valence-electron chi connectivity index (χ4n) is 2.28. The molecule has 2 aromatic carbocycles. The fourth-order valence-corrected chi connectivity index (χ4v) is 2.28. The van der Waals surface area contributed by atoms with Crippen LogP contribution in [0.1, 0.15) is 16.1 Å². The standard InChI is InChI=1S/C19H18N2O3/c1-23-17-9-7-15(8-10-17)19-21-16(13-24-19)11-12-20-18(22)14-5-3-2-4-6-14/h2-10,13H,11-12H2,1H3,(H,20,22). The van der Waals surface area contributed by atoms with Crippen LogP contribution in [0.4, 0.5) is 0 Å². The molecule has 1 N–H and O–H groups in total. The molecule has 5 heteroatoms. The van der Waals surface area contributed by atoms with Crippen LogP contribution in [0.2, 0.25) is 0 Å². The molecule has 0 aliphatic rings. The van der Waals surface area contributed by atoms with E-state index in [0.717, 1.165) is 17.0 Å². The van der Waals surface area contributed by atoms with Gasteiger partial charge in [0.2, 0.25) is 5.89 Å². The topological polar surface area (TPSA) is 64.4 Å². The van der Waals surface area contributed by atoms with Crippen LogP contribution in [0.5, 0.6) is 5.75 Å². The molecule has 0 atom stereocenters. The number of aromatic nitrogens is 1. The number of amides is 1. The van der Waals surface area contributed by atoms with E-state index in [4.69, 9.17) is 9.15 Å². The molecule has 0 saturated carbocycles. The van der Waals surface area contributed by atoms with Gasteiger partial charge in [-0.05, 0) is 36.4 Å². The predicted octanol–water partition coefficient (Wildman–Crippen LogP) is 3.32. The summed E-state index contributed by atoms with van der Waals surface area (Å²) in [6.45, 7) is 0.502. The Kier molecular flexibility index (Phi) is 4.91. The van der Waals surface area contributed by atoms with Crippen LogP contribution >= 0.6 is 0 Å². The van der Waals surface area contributed by atoms with Crippen molar-refractivity contribution < 1.29 is 13.9 Å². The van der Waals surface area contributed by atoms with E-state index in [0.29, 0.717) is 24.4 Å². The van der Waals surface area contributed by atoms with Crippen LogP contribution in [0.15, 0.2) is 65.3 Å². The van der Waals surface area contributed by atoms with Gasteiger partial charge >= 0.3 is 0 Å². The Labute approximate surface area is 140 Å². The lowest BCUT2D eigenvalue weighted by molar-refractivity contribution is 0.0954. The molecule has 0 aliphatic heterocycles. The van der Waals surface area contributed by atoms with Crippen molar-refractivity contribution in [3.63, 3.8) is 0 Å². The van der Waals surface area contributed by atoms with Gasteiger partial charge in [-0.1, -0.05) is 18.2 Å². The molecule has 122 valence electrons. The smallest absolute Gasteiger partial charge is 0.251 e. The van der Waals surface area contributed by atoms with E-state index in [2.05, 4.69) is 10.3 Å². The Balaban J connectivity index is 1.55. The van der Waals surface area contributed by atoms with Gasteiger partial charge in [0.25, 0.3) is 5.91 Å². The predicted molar refractivity (Wildman–Crippen MR) is 91.0 cm³/mol. The zero-order valence-electron chi connectivity index (χ0n) is 13.4. The lowest BCUT2D eigenvalue weighted by atomic mass is 10.2. The molecule has 1 aromatic heterocycles. The number of carbonyl (C=O) groups is 1. The number of rotatable bonds is 6. The summed E-state index contributed by atoms with van der Waals surface area (Å²) in [6, 6.07) is 16.6. The van der Waals surface area contributed by atoms with Crippen molar-refractivity contribution in [2.75, 3.05) is 13.7 Å². The molecule has 0 saturated heterocycles. The highest BCUT2D eigenvalue weighted by Gasteiger charge is 2.08. The molecule has 24 heavy (non-hydrogen) atoms. The van der Waals surface area contributed by atoms with Crippen LogP contribution in [0.3, 0.4) is 0 Å². The van der Waals surface area contributed by atoms with Gasteiger partial charge in [0.15, 0.2) is 0 Å².